The number of hydrogen-bond donors (Lipinski definition) is 1. The van der Waals surface area contributed by atoms with Gasteiger partial charge in [0.15, 0.2) is 0 Å². The van der Waals surface area contributed by atoms with E-state index in [2.05, 4.69) is 12.2 Å². The molecule has 19 heavy (non-hydrogen) atoms. The lowest BCUT2D eigenvalue weighted by Gasteiger charge is -2.29. The molecular formula is C15H21F2NS. The van der Waals surface area contributed by atoms with Gasteiger partial charge in [-0.05, 0) is 49.9 Å². The highest BCUT2D eigenvalue weighted by atomic mass is 32.2. The fourth-order valence-electron chi connectivity index (χ4n) is 2.75. The molecule has 1 aliphatic rings. The molecule has 0 bridgehead atoms. The summed E-state index contributed by atoms with van der Waals surface area (Å²) >= 11 is 0.593. The third-order valence-corrected chi connectivity index (χ3v) is 4.55. The summed E-state index contributed by atoms with van der Waals surface area (Å²) in [6.07, 6.45) is 6.63. The van der Waals surface area contributed by atoms with Gasteiger partial charge in [0.25, 0.3) is 5.76 Å². The minimum atomic E-state index is -2.35. The SMILES string of the molecule is CC(Nc1ccc(SC(F)F)cc1)C1CCCCC1. The average molecular weight is 285 g/mol. The van der Waals surface area contributed by atoms with Crippen LogP contribution in [0.25, 0.3) is 0 Å². The van der Waals surface area contributed by atoms with Crippen LogP contribution in [0.1, 0.15) is 39.0 Å². The topological polar surface area (TPSA) is 12.0 Å². The molecule has 0 radical (unpaired) electrons. The van der Waals surface area contributed by atoms with Crippen molar-refractivity contribution in [3.63, 3.8) is 0 Å². The first kappa shape index (κ1) is 14.6. The Labute approximate surface area is 118 Å². The highest BCUT2D eigenvalue weighted by Gasteiger charge is 2.19. The van der Waals surface area contributed by atoms with Crippen LogP contribution in [0, 0.1) is 5.92 Å². The fraction of sp³-hybridized carbons (Fsp3) is 0.600. The van der Waals surface area contributed by atoms with Crippen LogP contribution in [0.3, 0.4) is 0 Å². The van der Waals surface area contributed by atoms with E-state index in [0.717, 1.165) is 11.6 Å². The van der Waals surface area contributed by atoms with Crippen LogP contribution in [-0.4, -0.2) is 11.8 Å². The summed E-state index contributed by atoms with van der Waals surface area (Å²) in [5.41, 5.74) is 1.02. The first-order chi connectivity index (χ1) is 9.15. The lowest BCUT2D eigenvalue weighted by Crippen LogP contribution is -2.27. The molecule has 4 heteroatoms. The highest BCUT2D eigenvalue weighted by Crippen LogP contribution is 2.29. The quantitative estimate of drug-likeness (QED) is 0.729. The lowest BCUT2D eigenvalue weighted by molar-refractivity contribution is 0.252. The molecule has 1 saturated carbocycles. The Bertz CT molecular complexity index is 374. The van der Waals surface area contributed by atoms with E-state index in [0.29, 0.717) is 22.7 Å². The van der Waals surface area contributed by atoms with Crippen molar-refractivity contribution in [3.8, 4) is 0 Å². The fourth-order valence-corrected chi connectivity index (χ4v) is 3.25. The van der Waals surface area contributed by atoms with Crippen molar-refractivity contribution < 1.29 is 8.78 Å². The minimum Gasteiger partial charge on any atom is -0.382 e. The van der Waals surface area contributed by atoms with E-state index in [9.17, 15) is 8.78 Å². The number of thioether (sulfide) groups is 1. The van der Waals surface area contributed by atoms with Gasteiger partial charge in [-0.25, -0.2) is 0 Å². The molecule has 1 aromatic rings. The largest absolute Gasteiger partial charge is 0.382 e. The summed E-state index contributed by atoms with van der Waals surface area (Å²) in [5, 5.41) is 3.50. The molecule has 0 spiro atoms. The molecule has 1 N–H and O–H groups in total. The van der Waals surface area contributed by atoms with Gasteiger partial charge in [0.1, 0.15) is 0 Å². The molecule has 0 aliphatic heterocycles. The maximum Gasteiger partial charge on any atom is 0.288 e. The molecule has 0 aromatic heterocycles. The summed E-state index contributed by atoms with van der Waals surface area (Å²) in [5.74, 6) is -1.61. The summed E-state index contributed by atoms with van der Waals surface area (Å²) in [7, 11) is 0. The van der Waals surface area contributed by atoms with Crippen LogP contribution in [0.5, 0.6) is 0 Å². The van der Waals surface area contributed by atoms with Gasteiger partial charge in [0.2, 0.25) is 0 Å². The van der Waals surface area contributed by atoms with Crippen molar-refractivity contribution in [3.05, 3.63) is 24.3 Å². The smallest absolute Gasteiger partial charge is 0.288 e. The van der Waals surface area contributed by atoms with Crippen molar-refractivity contribution in [2.24, 2.45) is 5.92 Å². The van der Waals surface area contributed by atoms with E-state index < -0.39 is 5.76 Å². The molecule has 1 atom stereocenters. The van der Waals surface area contributed by atoms with Gasteiger partial charge in [0.05, 0.1) is 0 Å². The number of halogens is 2. The highest BCUT2D eigenvalue weighted by molar-refractivity contribution is 7.99. The van der Waals surface area contributed by atoms with Gasteiger partial charge in [0, 0.05) is 16.6 Å². The Morgan fingerprint density at radius 1 is 1.11 bits per heavy atom. The Hall–Kier alpha value is -0.770. The Morgan fingerprint density at radius 2 is 1.74 bits per heavy atom. The van der Waals surface area contributed by atoms with Crippen LogP contribution in [0.15, 0.2) is 29.2 Å². The Kier molecular flexibility index (Phi) is 5.49. The predicted molar refractivity (Wildman–Crippen MR) is 78.0 cm³/mol. The summed E-state index contributed by atoms with van der Waals surface area (Å²) < 4.78 is 24.4. The standard InChI is InChI=1S/C15H21F2NS/c1-11(12-5-3-2-4-6-12)18-13-7-9-14(10-8-13)19-15(16)17/h7-12,15,18H,2-6H2,1H3. The second-order valence-electron chi connectivity index (χ2n) is 5.23. The number of nitrogens with one attached hydrogen (secondary N) is 1. The third kappa shape index (κ3) is 4.68. The first-order valence-electron chi connectivity index (χ1n) is 6.96. The van der Waals surface area contributed by atoms with Crippen LogP contribution in [0.4, 0.5) is 14.5 Å². The van der Waals surface area contributed by atoms with Gasteiger partial charge in [-0.3, -0.25) is 0 Å². The molecule has 1 aromatic carbocycles. The van der Waals surface area contributed by atoms with Crippen LogP contribution in [-0.2, 0) is 0 Å². The molecule has 1 fully saturated rings. The number of hydrogen-bond acceptors (Lipinski definition) is 2. The number of rotatable bonds is 5. The van der Waals surface area contributed by atoms with Gasteiger partial charge in [-0.1, -0.05) is 31.0 Å². The van der Waals surface area contributed by atoms with Crippen molar-refractivity contribution in [2.45, 2.75) is 55.7 Å². The summed E-state index contributed by atoms with van der Waals surface area (Å²) in [4.78, 5) is 0.617. The Morgan fingerprint density at radius 3 is 2.32 bits per heavy atom. The van der Waals surface area contributed by atoms with E-state index >= 15 is 0 Å². The number of benzene rings is 1. The second-order valence-corrected chi connectivity index (χ2v) is 6.30. The van der Waals surface area contributed by atoms with Gasteiger partial charge in [-0.2, -0.15) is 8.78 Å². The second kappa shape index (κ2) is 7.13. The molecule has 1 unspecified atom stereocenters. The van der Waals surface area contributed by atoms with E-state index in [-0.39, 0.29) is 0 Å². The predicted octanol–water partition coefficient (Wildman–Crippen LogP) is 5.38. The molecular weight excluding hydrogens is 264 g/mol. The zero-order chi connectivity index (χ0) is 13.7. The number of anilines is 1. The van der Waals surface area contributed by atoms with Crippen LogP contribution in [0.2, 0.25) is 0 Å². The molecule has 2 rings (SSSR count). The van der Waals surface area contributed by atoms with Crippen molar-refractivity contribution in [1.29, 1.82) is 0 Å². The molecule has 106 valence electrons. The van der Waals surface area contributed by atoms with Gasteiger partial charge >= 0.3 is 0 Å². The monoisotopic (exact) mass is 285 g/mol. The van der Waals surface area contributed by atoms with Crippen molar-refractivity contribution in [2.75, 3.05) is 5.32 Å². The molecule has 0 heterocycles. The van der Waals surface area contributed by atoms with Crippen molar-refractivity contribution >= 4 is 17.4 Å². The van der Waals surface area contributed by atoms with Gasteiger partial charge in [-0.15, -0.1) is 0 Å². The van der Waals surface area contributed by atoms with Gasteiger partial charge < -0.3 is 5.32 Å². The molecule has 1 aliphatic carbocycles. The maximum absolute atomic E-state index is 12.2. The molecule has 1 nitrogen and oxygen atoms in total. The normalized spacial score (nSPS) is 18.5. The zero-order valence-corrected chi connectivity index (χ0v) is 12.1. The molecule has 0 amide bonds. The van der Waals surface area contributed by atoms with E-state index in [1.165, 1.54) is 32.1 Å². The van der Waals surface area contributed by atoms with Crippen LogP contribution < -0.4 is 5.32 Å². The zero-order valence-electron chi connectivity index (χ0n) is 11.2. The third-order valence-electron chi connectivity index (χ3n) is 3.83. The maximum atomic E-state index is 12.2. The average Bonchev–Trinajstić information content (AvgIpc) is 2.41. The summed E-state index contributed by atoms with van der Waals surface area (Å²) in [6, 6.07) is 7.75. The van der Waals surface area contributed by atoms with E-state index in [1.54, 1.807) is 12.1 Å². The van der Waals surface area contributed by atoms with Crippen LogP contribution >= 0.6 is 11.8 Å². The van der Waals surface area contributed by atoms with E-state index in [4.69, 9.17) is 0 Å². The molecule has 0 saturated heterocycles. The Balaban J connectivity index is 1.87. The minimum absolute atomic E-state index is 0.453. The van der Waals surface area contributed by atoms with E-state index in [1.807, 2.05) is 12.1 Å². The first-order valence-corrected chi connectivity index (χ1v) is 7.84. The van der Waals surface area contributed by atoms with Crippen molar-refractivity contribution in [1.82, 2.24) is 0 Å². The summed E-state index contributed by atoms with van der Waals surface area (Å²) in [6.45, 7) is 2.22. The number of alkyl halides is 2. The lowest BCUT2D eigenvalue weighted by atomic mass is 9.84.